The highest BCUT2D eigenvalue weighted by atomic mass is 19.4. The van der Waals surface area contributed by atoms with Crippen LogP contribution in [0.1, 0.15) is 15.9 Å². The van der Waals surface area contributed by atoms with Crippen molar-refractivity contribution in [3.63, 3.8) is 0 Å². The van der Waals surface area contributed by atoms with E-state index < -0.39 is 30.5 Å². The van der Waals surface area contributed by atoms with Gasteiger partial charge in [0.2, 0.25) is 12.0 Å². The number of amides is 2. The summed E-state index contributed by atoms with van der Waals surface area (Å²) in [6.07, 6.45) is -9.85. The van der Waals surface area contributed by atoms with Gasteiger partial charge in [0.25, 0.3) is 5.91 Å². The third kappa shape index (κ3) is 7.33. The van der Waals surface area contributed by atoms with E-state index in [4.69, 9.17) is 4.74 Å². The molecule has 4 aromatic rings. The quantitative estimate of drug-likeness (QED) is 0.269. The summed E-state index contributed by atoms with van der Waals surface area (Å²) in [6, 6.07) is 12.3. The zero-order valence-corrected chi connectivity index (χ0v) is 24.6. The number of pyridine rings is 2. The van der Waals surface area contributed by atoms with Gasteiger partial charge < -0.3 is 29.0 Å². The number of likely N-dealkylation sites (tertiary alicyclic amines) is 1. The van der Waals surface area contributed by atoms with Crippen molar-refractivity contribution < 1.29 is 45.4 Å². The monoisotopic (exact) mass is 662 g/mol. The number of ether oxygens (including phenoxy) is 2. The largest absolute Gasteiger partial charge is 0.423 e. The van der Waals surface area contributed by atoms with Gasteiger partial charge in [0.1, 0.15) is 5.82 Å². The van der Waals surface area contributed by atoms with Crippen LogP contribution in [0.5, 0.6) is 0 Å². The van der Waals surface area contributed by atoms with Crippen molar-refractivity contribution >= 4 is 29.0 Å². The second-order valence-corrected chi connectivity index (χ2v) is 11.2. The fraction of sp³-hybridized carbons (Fsp3) is 0.355. The second-order valence-electron chi connectivity index (χ2n) is 11.2. The van der Waals surface area contributed by atoms with Gasteiger partial charge in [0, 0.05) is 56.5 Å². The van der Waals surface area contributed by atoms with Gasteiger partial charge in [-0.1, -0.05) is 24.3 Å². The smallest absolute Gasteiger partial charge is 0.378 e. The van der Waals surface area contributed by atoms with E-state index in [1.54, 1.807) is 52.0 Å². The number of morpholine rings is 1. The highest BCUT2D eigenvalue weighted by Gasteiger charge is 2.59. The number of alkyl halides is 6. The number of carbonyl (C=O) groups is 2. The molecule has 2 aliphatic rings. The van der Waals surface area contributed by atoms with Gasteiger partial charge in [-0.15, -0.1) is 0 Å². The van der Waals surface area contributed by atoms with E-state index in [9.17, 15) is 35.9 Å². The number of halogens is 6. The van der Waals surface area contributed by atoms with Crippen LogP contribution in [0.3, 0.4) is 0 Å². The number of hydrogen-bond acceptors (Lipinski definition) is 7. The number of nitrogens with zero attached hydrogens (tertiary/aromatic N) is 5. The Morgan fingerprint density at radius 3 is 2.38 bits per heavy atom. The normalized spacial score (nSPS) is 16.1. The van der Waals surface area contributed by atoms with Gasteiger partial charge in [-0.2, -0.15) is 26.3 Å². The van der Waals surface area contributed by atoms with E-state index >= 15 is 0 Å². The number of benzene rings is 1. The lowest BCUT2D eigenvalue weighted by Crippen LogP contribution is -2.59. The number of fused-ring (bicyclic) bond motifs is 1. The van der Waals surface area contributed by atoms with E-state index in [0.29, 0.717) is 54.6 Å². The lowest BCUT2D eigenvalue weighted by Gasteiger charge is -2.41. The molecule has 16 heteroatoms. The summed E-state index contributed by atoms with van der Waals surface area (Å²) < 4.78 is 88.2. The third-order valence-electron chi connectivity index (χ3n) is 7.80. The molecule has 0 aliphatic carbocycles. The predicted octanol–water partition coefficient (Wildman–Crippen LogP) is 4.88. The maximum atomic E-state index is 12.8. The summed E-state index contributed by atoms with van der Waals surface area (Å²) in [7, 11) is 0. The Kier molecular flexibility index (Phi) is 8.80. The Bertz CT molecular complexity index is 1730. The molecule has 2 saturated heterocycles. The fourth-order valence-electron chi connectivity index (χ4n) is 5.37. The van der Waals surface area contributed by atoms with Gasteiger partial charge in [0.15, 0.2) is 5.65 Å². The first kappa shape index (κ1) is 32.2. The molecule has 2 amide bonds. The molecular formula is C31H28F6N6O4. The van der Waals surface area contributed by atoms with Crippen LogP contribution in [-0.4, -0.2) is 99.9 Å². The van der Waals surface area contributed by atoms with Gasteiger partial charge >= 0.3 is 12.4 Å². The van der Waals surface area contributed by atoms with Crippen LogP contribution < -0.4 is 5.32 Å². The van der Waals surface area contributed by atoms with Gasteiger partial charge in [-0.05, 0) is 29.3 Å². The molecule has 0 saturated carbocycles. The van der Waals surface area contributed by atoms with Crippen LogP contribution >= 0.6 is 0 Å². The predicted molar refractivity (Wildman–Crippen MR) is 156 cm³/mol. The summed E-state index contributed by atoms with van der Waals surface area (Å²) in [5.41, 5.74) is 3.80. The molecule has 1 N–H and O–H groups in total. The molecule has 0 bridgehead atoms. The minimum atomic E-state index is -5.61. The minimum absolute atomic E-state index is 0.111. The molecule has 0 atom stereocenters. The highest BCUT2D eigenvalue weighted by molar-refractivity contribution is 5.94. The Labute approximate surface area is 263 Å². The number of anilines is 2. The SMILES string of the molecule is O=C(Cc1cccc(-c2cc(Nc3ccc(C(=O)N4CCOCC4)cn3)c3nccn3c2)c1)N1CC(OC(C(F)(F)F)C(F)(F)F)C1. The number of hydrogen-bond donors (Lipinski definition) is 1. The van der Waals surface area contributed by atoms with E-state index in [0.717, 1.165) is 16.0 Å². The van der Waals surface area contributed by atoms with Crippen molar-refractivity contribution in [2.45, 2.75) is 31.0 Å². The molecule has 1 aromatic carbocycles. The minimum Gasteiger partial charge on any atom is -0.378 e. The zero-order chi connectivity index (χ0) is 33.3. The topological polar surface area (TPSA) is 101 Å². The van der Waals surface area contributed by atoms with Crippen LogP contribution in [0, 0.1) is 0 Å². The van der Waals surface area contributed by atoms with Crippen LogP contribution in [0.15, 0.2) is 67.3 Å². The standard InChI is InChI=1S/C31H28F6N6O4/c32-30(33,34)29(31(35,36)37)47-23-17-43(18-23)26(44)13-19-2-1-3-20(12-19)22-14-24(27-38-6-7-42(27)16-22)40-25-5-4-21(15-39-25)28(45)41-8-10-46-11-9-41/h1-7,12,14-16,23,29H,8-11,13,17-18H2,(H,39,40). The first-order valence-electron chi connectivity index (χ1n) is 14.6. The van der Waals surface area contributed by atoms with Crippen LogP contribution in [-0.2, 0) is 20.7 Å². The first-order valence-corrected chi connectivity index (χ1v) is 14.6. The number of aromatic nitrogens is 3. The molecule has 6 rings (SSSR count). The summed E-state index contributed by atoms with van der Waals surface area (Å²) in [5, 5.41) is 3.25. The molecule has 248 valence electrons. The van der Waals surface area contributed by atoms with E-state index in [1.807, 2.05) is 18.3 Å². The fourth-order valence-corrected chi connectivity index (χ4v) is 5.37. The molecule has 10 nitrogen and oxygen atoms in total. The Hall–Kier alpha value is -4.70. The van der Waals surface area contributed by atoms with Crippen molar-refractivity contribution in [3.05, 3.63) is 78.4 Å². The molecule has 2 aliphatic heterocycles. The summed E-state index contributed by atoms with van der Waals surface area (Å²) >= 11 is 0. The summed E-state index contributed by atoms with van der Waals surface area (Å²) in [4.78, 5) is 37.3. The molecule has 47 heavy (non-hydrogen) atoms. The zero-order valence-electron chi connectivity index (χ0n) is 24.6. The number of imidazole rings is 1. The van der Waals surface area contributed by atoms with Crippen LogP contribution in [0.4, 0.5) is 37.8 Å². The van der Waals surface area contributed by atoms with Crippen molar-refractivity contribution in [1.29, 1.82) is 0 Å². The van der Waals surface area contributed by atoms with Gasteiger partial charge in [0.05, 0.1) is 37.0 Å². The summed E-state index contributed by atoms with van der Waals surface area (Å²) in [5.74, 6) is -0.0904. The van der Waals surface area contributed by atoms with E-state index in [-0.39, 0.29) is 25.4 Å². The molecule has 0 radical (unpaired) electrons. The van der Waals surface area contributed by atoms with E-state index in [1.165, 1.54) is 6.20 Å². The summed E-state index contributed by atoms with van der Waals surface area (Å²) in [6.45, 7) is 1.28. The maximum Gasteiger partial charge on any atom is 0.423 e. The third-order valence-corrected chi connectivity index (χ3v) is 7.80. The van der Waals surface area contributed by atoms with Crippen LogP contribution in [0.25, 0.3) is 16.8 Å². The van der Waals surface area contributed by atoms with Crippen molar-refractivity contribution in [1.82, 2.24) is 24.2 Å². The van der Waals surface area contributed by atoms with Crippen molar-refractivity contribution in [3.8, 4) is 11.1 Å². The second kappa shape index (κ2) is 12.8. The average Bonchev–Trinajstić information content (AvgIpc) is 3.49. The Morgan fingerprint density at radius 2 is 1.70 bits per heavy atom. The van der Waals surface area contributed by atoms with Crippen LogP contribution in [0.2, 0.25) is 0 Å². The Balaban J connectivity index is 1.12. The number of carbonyl (C=O) groups excluding carboxylic acids is 2. The number of nitrogens with one attached hydrogen (secondary N) is 1. The number of rotatable bonds is 8. The highest BCUT2D eigenvalue weighted by Crippen LogP contribution is 2.37. The van der Waals surface area contributed by atoms with Crippen molar-refractivity contribution in [2.24, 2.45) is 0 Å². The lowest BCUT2D eigenvalue weighted by molar-refractivity contribution is -0.336. The lowest BCUT2D eigenvalue weighted by atomic mass is 10.0. The average molecular weight is 663 g/mol. The van der Waals surface area contributed by atoms with E-state index in [2.05, 4.69) is 20.0 Å². The molecule has 0 spiro atoms. The van der Waals surface area contributed by atoms with Gasteiger partial charge in [-0.25, -0.2) is 9.97 Å². The molecule has 5 heterocycles. The first-order chi connectivity index (χ1) is 22.3. The van der Waals surface area contributed by atoms with Crippen molar-refractivity contribution in [2.75, 3.05) is 44.7 Å². The molecular weight excluding hydrogens is 634 g/mol. The maximum absolute atomic E-state index is 12.8. The molecule has 0 unspecified atom stereocenters. The molecule has 3 aromatic heterocycles. The molecule has 2 fully saturated rings. The Morgan fingerprint density at radius 1 is 0.957 bits per heavy atom. The van der Waals surface area contributed by atoms with Gasteiger partial charge in [-0.3, -0.25) is 9.59 Å².